The smallest absolute Gasteiger partial charge is 0.314 e. The molecule has 0 unspecified atom stereocenters. The van der Waals surface area contributed by atoms with Crippen LogP contribution in [-0.4, -0.2) is 69.4 Å². The topological polar surface area (TPSA) is 64.6 Å². The van der Waals surface area contributed by atoms with Gasteiger partial charge in [-0.15, -0.1) is 0 Å². The van der Waals surface area contributed by atoms with E-state index in [1.165, 1.54) is 0 Å². The van der Waals surface area contributed by atoms with Gasteiger partial charge in [0.2, 0.25) is 0 Å². The lowest BCUT2D eigenvalue weighted by atomic mass is 11.8. The molecule has 0 aromatic carbocycles. The van der Waals surface area contributed by atoms with Crippen LogP contribution in [0.2, 0.25) is 105 Å². The molecule has 0 aromatic heterocycles. The van der Waals surface area contributed by atoms with E-state index in [0.29, 0.717) is 0 Å². The zero-order valence-corrected chi connectivity index (χ0v) is 31.5. The molecule has 188 valence electrons. The zero-order chi connectivity index (χ0) is 25.2. The normalized spacial score (nSPS) is 23.6. The second-order valence-corrected chi connectivity index (χ2v) is 39.2. The summed E-state index contributed by atoms with van der Waals surface area (Å²) in [5, 5.41) is 0. The molecule has 0 atom stereocenters. The van der Waals surface area contributed by atoms with Crippen molar-refractivity contribution >= 4 is 69.4 Å². The molecule has 1 fully saturated rings. The summed E-state index contributed by atoms with van der Waals surface area (Å²) >= 11 is 0. The molecule has 1 aliphatic rings. The van der Waals surface area contributed by atoms with Crippen LogP contribution < -0.4 is 0 Å². The molecule has 0 amide bonds. The third-order valence-corrected chi connectivity index (χ3v) is 31.5. The summed E-state index contributed by atoms with van der Waals surface area (Å²) in [6, 6.07) is 0. The van der Waals surface area contributed by atoms with E-state index >= 15 is 0 Å². The minimum atomic E-state index is -2.11. The molecule has 1 saturated heterocycles. The third-order valence-electron chi connectivity index (χ3n) is 3.50. The van der Waals surface area contributed by atoms with E-state index in [1.807, 2.05) is 0 Å². The highest BCUT2D eigenvalue weighted by atomic mass is 28.5. The Hall–Kier alpha value is 1.46. The van der Waals surface area contributed by atoms with Crippen LogP contribution in [-0.2, 0) is 28.8 Å². The fourth-order valence-electron chi connectivity index (χ4n) is 4.18. The van der Waals surface area contributed by atoms with Gasteiger partial charge in [0, 0.05) is 0 Å². The van der Waals surface area contributed by atoms with Crippen LogP contribution in [0.4, 0.5) is 0 Å². The Morgan fingerprint density at radius 3 is 1.03 bits per heavy atom. The molecule has 0 radical (unpaired) electrons. The van der Waals surface area contributed by atoms with Crippen molar-refractivity contribution in [2.75, 3.05) is 0 Å². The minimum absolute atomic E-state index is 0.386. The third kappa shape index (κ3) is 15.9. The minimum Gasteiger partial charge on any atom is -0.442 e. The van der Waals surface area contributed by atoms with E-state index < -0.39 is 59.7 Å². The van der Waals surface area contributed by atoms with Gasteiger partial charge in [-0.25, -0.2) is 0 Å². The summed E-state index contributed by atoms with van der Waals surface area (Å²) in [7, 11) is -14.2. The fourth-order valence-corrected chi connectivity index (χ4v) is 40.0. The van der Waals surface area contributed by atoms with Gasteiger partial charge in [0.1, 0.15) is 9.76 Å². The van der Waals surface area contributed by atoms with E-state index in [9.17, 15) is 0 Å². The van der Waals surface area contributed by atoms with E-state index in [-0.39, 0.29) is 9.76 Å². The standard InChI is InChI=1S/C8H24O4Si4.C8H26O3Si4/c1-13(2)9-14(3,4)11-16(7,8)12-15(5,6)10-13;1-12-9-14(5,6)11-15(7,8)10-13(2,3)4/h1-8H3;12H2,1-8H3. The maximum Gasteiger partial charge on any atom is 0.314 e. The van der Waals surface area contributed by atoms with Crippen molar-refractivity contribution in [1.29, 1.82) is 0 Å². The van der Waals surface area contributed by atoms with Crippen molar-refractivity contribution in [3.63, 3.8) is 0 Å². The Kier molecular flexibility index (Phi) is 11.5. The highest BCUT2D eigenvalue weighted by Crippen LogP contribution is 2.30. The summed E-state index contributed by atoms with van der Waals surface area (Å²) in [5.74, 6) is 0. The molecule has 0 bridgehead atoms. The summed E-state index contributed by atoms with van der Waals surface area (Å²) in [5.41, 5.74) is 0. The molecule has 31 heavy (non-hydrogen) atoms. The van der Waals surface area contributed by atoms with Gasteiger partial charge in [0.25, 0.3) is 0 Å². The molecular formula is C16H50O7Si8. The van der Waals surface area contributed by atoms with Crippen LogP contribution in [0.3, 0.4) is 0 Å². The van der Waals surface area contributed by atoms with Crippen LogP contribution in [0.5, 0.6) is 0 Å². The fraction of sp³-hybridized carbons (Fsp3) is 1.00. The molecule has 15 heteroatoms. The molecule has 0 spiro atoms. The molecule has 0 N–H and O–H groups in total. The Bertz CT molecular complexity index is 505. The van der Waals surface area contributed by atoms with Gasteiger partial charge >= 0.3 is 51.4 Å². The Balaban J connectivity index is 0.000000582. The van der Waals surface area contributed by atoms with Crippen LogP contribution in [0.1, 0.15) is 0 Å². The largest absolute Gasteiger partial charge is 0.442 e. The lowest BCUT2D eigenvalue weighted by Gasteiger charge is -2.46. The highest BCUT2D eigenvalue weighted by Gasteiger charge is 2.50. The van der Waals surface area contributed by atoms with Crippen molar-refractivity contribution in [3.05, 3.63) is 0 Å². The molecule has 7 nitrogen and oxygen atoms in total. The quantitative estimate of drug-likeness (QED) is 0.397. The first-order chi connectivity index (χ1) is 13.3. The Labute approximate surface area is 202 Å². The van der Waals surface area contributed by atoms with Gasteiger partial charge < -0.3 is 28.8 Å². The van der Waals surface area contributed by atoms with Crippen molar-refractivity contribution in [1.82, 2.24) is 0 Å². The van der Waals surface area contributed by atoms with Gasteiger partial charge in [0.05, 0.1) is 0 Å². The van der Waals surface area contributed by atoms with Crippen LogP contribution in [0.25, 0.3) is 0 Å². The monoisotopic (exact) mass is 578 g/mol. The van der Waals surface area contributed by atoms with E-state index in [0.717, 1.165) is 0 Å². The molecular weight excluding hydrogens is 529 g/mol. The summed E-state index contributed by atoms with van der Waals surface area (Å²) < 4.78 is 42.7. The highest BCUT2D eigenvalue weighted by molar-refractivity contribution is 6.92. The number of hydrogen-bond donors (Lipinski definition) is 0. The van der Waals surface area contributed by atoms with Crippen LogP contribution in [0.15, 0.2) is 0 Å². The van der Waals surface area contributed by atoms with Gasteiger partial charge in [-0.3, -0.25) is 0 Å². The molecule has 1 heterocycles. The lowest BCUT2D eigenvalue weighted by molar-refractivity contribution is 0.238. The van der Waals surface area contributed by atoms with Crippen molar-refractivity contribution in [2.45, 2.75) is 105 Å². The molecule has 0 aromatic rings. The summed E-state index contributed by atoms with van der Waals surface area (Å²) in [4.78, 5) is 0. The predicted octanol–water partition coefficient (Wildman–Crippen LogP) is 5.28. The molecule has 0 aliphatic carbocycles. The summed E-state index contributed by atoms with van der Waals surface area (Å²) in [6.45, 7) is 33.8. The Morgan fingerprint density at radius 2 is 0.806 bits per heavy atom. The molecule has 1 rings (SSSR count). The molecule has 1 aliphatic heterocycles. The average Bonchev–Trinajstić information content (AvgIpc) is 2.24. The molecule has 0 saturated carbocycles. The average molecular weight is 579 g/mol. The Morgan fingerprint density at radius 1 is 0.516 bits per heavy atom. The number of hydrogen-bond acceptors (Lipinski definition) is 7. The second-order valence-electron chi connectivity index (χ2n) is 11.6. The zero-order valence-electron chi connectivity index (χ0n) is 23.1. The van der Waals surface area contributed by atoms with E-state index in [4.69, 9.17) is 28.8 Å². The first-order valence-electron chi connectivity index (χ1n) is 11.1. The van der Waals surface area contributed by atoms with Gasteiger partial charge in [0.15, 0.2) is 8.32 Å². The lowest BCUT2D eigenvalue weighted by Crippen LogP contribution is -2.64. The van der Waals surface area contributed by atoms with Crippen LogP contribution >= 0.6 is 0 Å². The maximum absolute atomic E-state index is 6.16. The first kappa shape index (κ1) is 32.5. The van der Waals surface area contributed by atoms with Gasteiger partial charge in [-0.1, -0.05) is 6.55 Å². The van der Waals surface area contributed by atoms with E-state index in [1.54, 1.807) is 0 Å². The van der Waals surface area contributed by atoms with Crippen molar-refractivity contribution in [2.24, 2.45) is 0 Å². The van der Waals surface area contributed by atoms with Gasteiger partial charge in [-0.2, -0.15) is 0 Å². The maximum atomic E-state index is 6.16. The SMILES string of the molecule is C[SiH2]O[Si](C)(C)O[Si](C)(C)O[Si](C)(C)C.C[Si]1(C)O[Si](C)(C)O[Si](C)(C)O[Si](C)(C)O1. The van der Waals surface area contributed by atoms with Crippen molar-refractivity contribution < 1.29 is 28.8 Å². The van der Waals surface area contributed by atoms with E-state index in [2.05, 4.69) is 105 Å². The van der Waals surface area contributed by atoms with Crippen molar-refractivity contribution in [3.8, 4) is 0 Å². The van der Waals surface area contributed by atoms with Gasteiger partial charge in [-0.05, 0) is 98.2 Å². The van der Waals surface area contributed by atoms with Crippen LogP contribution in [0, 0.1) is 0 Å². The number of rotatable bonds is 6. The first-order valence-corrected chi connectivity index (χ1v) is 33.4. The summed E-state index contributed by atoms with van der Waals surface area (Å²) in [6.07, 6.45) is 0. The second kappa shape index (κ2) is 11.0. The predicted molar refractivity (Wildman–Crippen MR) is 150 cm³/mol.